The summed E-state index contributed by atoms with van der Waals surface area (Å²) < 4.78 is 12.4. The van der Waals surface area contributed by atoms with E-state index < -0.39 is 0 Å². The van der Waals surface area contributed by atoms with Crippen LogP contribution < -0.4 is 10.1 Å². The van der Waals surface area contributed by atoms with Crippen LogP contribution in [-0.4, -0.2) is 66.0 Å². The molecule has 1 N–H and O–H groups in total. The van der Waals surface area contributed by atoms with Crippen LogP contribution in [0.1, 0.15) is 54.1 Å². The number of hydrogen-bond acceptors (Lipinski definition) is 5. The molecule has 0 spiro atoms. The zero-order chi connectivity index (χ0) is 25.2. The molecule has 3 aliphatic rings. The number of rotatable bonds is 4. The normalized spacial score (nSPS) is 23.4. The van der Waals surface area contributed by atoms with Crippen LogP contribution in [0.25, 0.3) is 0 Å². The second-order valence-electron chi connectivity index (χ2n) is 9.82. The van der Waals surface area contributed by atoms with Crippen molar-refractivity contribution in [1.29, 1.82) is 0 Å². The zero-order valence-corrected chi connectivity index (χ0v) is 20.9. The molecule has 3 aliphatic heterocycles. The van der Waals surface area contributed by atoms with Gasteiger partial charge in [0.05, 0.1) is 24.1 Å². The predicted octanol–water partition coefficient (Wildman–Crippen LogP) is 3.39. The lowest BCUT2D eigenvalue weighted by molar-refractivity contribution is -0.143. The Kier molecular flexibility index (Phi) is 6.96. The average Bonchev–Trinajstić information content (AvgIpc) is 2.90. The Balaban J connectivity index is 1.24. The number of likely N-dealkylation sites (N-methyl/N-ethyl adjacent to an activating group) is 1. The van der Waals surface area contributed by atoms with Crippen molar-refractivity contribution in [2.45, 2.75) is 63.8 Å². The van der Waals surface area contributed by atoms with E-state index in [1.165, 1.54) is 11.1 Å². The first-order valence-electron chi connectivity index (χ1n) is 12.8. The molecule has 2 aromatic rings. The first-order chi connectivity index (χ1) is 17.4. The Bertz CT molecular complexity index is 1170. The summed E-state index contributed by atoms with van der Waals surface area (Å²) in [5.74, 6) is 0.291. The van der Waals surface area contributed by atoms with E-state index in [-0.39, 0.29) is 42.6 Å². The van der Waals surface area contributed by atoms with Gasteiger partial charge < -0.3 is 24.6 Å². The number of nitrogens with zero attached hydrogens (tertiary/aromatic N) is 2. The molecular formula is C28H33N3O5. The predicted molar refractivity (Wildman–Crippen MR) is 135 cm³/mol. The highest BCUT2D eigenvalue weighted by atomic mass is 16.5. The zero-order valence-electron chi connectivity index (χ0n) is 20.9. The maximum Gasteiger partial charge on any atom is 0.257 e. The fraction of sp³-hybridized carbons (Fsp3) is 0.464. The molecule has 5 rings (SSSR count). The lowest BCUT2D eigenvalue weighted by atomic mass is 9.94. The molecule has 0 unspecified atom stereocenters. The quantitative estimate of drug-likeness (QED) is 0.708. The molecule has 0 bridgehead atoms. The van der Waals surface area contributed by atoms with E-state index >= 15 is 0 Å². The van der Waals surface area contributed by atoms with Gasteiger partial charge in [0.15, 0.2) is 0 Å². The molecule has 1 saturated heterocycles. The Morgan fingerprint density at radius 2 is 1.92 bits per heavy atom. The number of anilines is 1. The maximum atomic E-state index is 13.3. The molecule has 8 nitrogen and oxygen atoms in total. The molecule has 0 aliphatic carbocycles. The van der Waals surface area contributed by atoms with Gasteiger partial charge in [-0.1, -0.05) is 31.2 Å². The summed E-state index contributed by atoms with van der Waals surface area (Å²) in [6.07, 6.45) is 2.49. The summed E-state index contributed by atoms with van der Waals surface area (Å²) in [4.78, 5) is 41.9. The summed E-state index contributed by atoms with van der Waals surface area (Å²) >= 11 is 0. The second-order valence-corrected chi connectivity index (χ2v) is 9.82. The van der Waals surface area contributed by atoms with Crippen LogP contribution in [0.5, 0.6) is 5.75 Å². The SMILES string of the molecule is CCC(=O)Nc1ccc2c(c1)C(=O)N(C)[C@H]1CC[C@@H](CC(=O)N3CCc4ccccc4C3)O[C@H]1CO2. The van der Waals surface area contributed by atoms with E-state index in [0.717, 1.165) is 19.4 Å². The molecule has 1 fully saturated rings. The largest absolute Gasteiger partial charge is 0.490 e. The van der Waals surface area contributed by atoms with Crippen LogP contribution >= 0.6 is 0 Å². The van der Waals surface area contributed by atoms with Gasteiger partial charge >= 0.3 is 0 Å². The number of ether oxygens (including phenoxy) is 2. The fourth-order valence-electron chi connectivity index (χ4n) is 5.39. The maximum absolute atomic E-state index is 13.3. The van der Waals surface area contributed by atoms with Gasteiger partial charge in [-0.05, 0) is 48.6 Å². The smallest absolute Gasteiger partial charge is 0.257 e. The topological polar surface area (TPSA) is 88.2 Å². The third-order valence-electron chi connectivity index (χ3n) is 7.50. The van der Waals surface area contributed by atoms with E-state index in [1.54, 1.807) is 37.1 Å². The van der Waals surface area contributed by atoms with Gasteiger partial charge in [-0.2, -0.15) is 0 Å². The number of benzene rings is 2. The van der Waals surface area contributed by atoms with E-state index in [4.69, 9.17) is 9.47 Å². The van der Waals surface area contributed by atoms with Crippen LogP contribution in [0.3, 0.4) is 0 Å². The van der Waals surface area contributed by atoms with E-state index in [2.05, 4.69) is 17.4 Å². The van der Waals surface area contributed by atoms with E-state index in [9.17, 15) is 14.4 Å². The minimum Gasteiger partial charge on any atom is -0.490 e. The Hall–Kier alpha value is -3.39. The van der Waals surface area contributed by atoms with Crippen LogP contribution in [0.4, 0.5) is 5.69 Å². The number of amides is 3. The number of nitrogens with one attached hydrogen (secondary N) is 1. The Labute approximate surface area is 211 Å². The minimum absolute atomic E-state index is 0.108. The van der Waals surface area contributed by atoms with Gasteiger partial charge in [-0.15, -0.1) is 0 Å². The average molecular weight is 492 g/mol. The standard InChI is InChI=1S/C28H33N3O5/c1-3-26(32)29-20-8-11-24-22(14-20)28(34)30(2)23-10-9-21(36-25(23)17-35-24)15-27(33)31-13-12-18-6-4-5-7-19(18)16-31/h4-8,11,14,21,23,25H,3,9-10,12-13,15-17H2,1-2H3,(H,29,32)/t21-,23-,25-/m0/s1. The Morgan fingerprint density at radius 1 is 1.11 bits per heavy atom. The van der Waals surface area contributed by atoms with Gasteiger partial charge in [0.1, 0.15) is 18.5 Å². The first-order valence-corrected chi connectivity index (χ1v) is 12.8. The van der Waals surface area contributed by atoms with Crippen molar-refractivity contribution in [3.8, 4) is 5.75 Å². The summed E-state index contributed by atoms with van der Waals surface area (Å²) in [6, 6.07) is 13.3. The van der Waals surface area contributed by atoms with Crippen LogP contribution in [0, 0.1) is 0 Å². The minimum atomic E-state index is -0.319. The Morgan fingerprint density at radius 3 is 2.72 bits per heavy atom. The van der Waals surface area contributed by atoms with Crippen LogP contribution in [0.2, 0.25) is 0 Å². The number of carbonyl (C=O) groups excluding carboxylic acids is 3. The molecule has 190 valence electrons. The highest BCUT2D eigenvalue weighted by molar-refractivity contribution is 5.99. The van der Waals surface area contributed by atoms with E-state index in [1.807, 2.05) is 17.0 Å². The van der Waals surface area contributed by atoms with Gasteiger partial charge in [0.25, 0.3) is 5.91 Å². The third-order valence-corrected chi connectivity index (χ3v) is 7.50. The fourth-order valence-corrected chi connectivity index (χ4v) is 5.39. The molecule has 3 atom stereocenters. The van der Waals surface area contributed by atoms with Crippen LogP contribution in [0.15, 0.2) is 42.5 Å². The summed E-state index contributed by atoms with van der Waals surface area (Å²) in [5, 5.41) is 2.80. The van der Waals surface area contributed by atoms with Crippen molar-refractivity contribution in [2.75, 3.05) is 25.5 Å². The summed E-state index contributed by atoms with van der Waals surface area (Å²) in [5.41, 5.74) is 3.53. The third kappa shape index (κ3) is 4.95. The lowest BCUT2D eigenvalue weighted by Crippen LogP contribution is -2.54. The van der Waals surface area contributed by atoms with Crippen molar-refractivity contribution in [2.24, 2.45) is 0 Å². The second kappa shape index (κ2) is 10.3. The number of carbonyl (C=O) groups is 3. The van der Waals surface area contributed by atoms with Crippen LogP contribution in [-0.2, 0) is 27.3 Å². The highest BCUT2D eigenvalue weighted by Crippen LogP contribution is 2.33. The molecule has 0 radical (unpaired) electrons. The molecule has 3 heterocycles. The molecule has 0 aromatic heterocycles. The van der Waals surface area contributed by atoms with Crippen molar-refractivity contribution in [3.63, 3.8) is 0 Å². The summed E-state index contributed by atoms with van der Waals surface area (Å²) in [7, 11) is 1.78. The molecule has 36 heavy (non-hydrogen) atoms. The van der Waals surface area contributed by atoms with Crippen molar-refractivity contribution in [3.05, 3.63) is 59.2 Å². The van der Waals surface area contributed by atoms with Gasteiger partial charge in [0, 0.05) is 32.2 Å². The molecular weight excluding hydrogens is 458 g/mol. The van der Waals surface area contributed by atoms with Crippen molar-refractivity contribution < 1.29 is 23.9 Å². The van der Waals surface area contributed by atoms with Gasteiger partial charge in [-0.25, -0.2) is 0 Å². The molecule has 2 aromatic carbocycles. The van der Waals surface area contributed by atoms with Crippen molar-refractivity contribution in [1.82, 2.24) is 9.80 Å². The van der Waals surface area contributed by atoms with E-state index in [0.29, 0.717) is 42.8 Å². The number of hydrogen-bond donors (Lipinski definition) is 1. The molecule has 8 heteroatoms. The number of fused-ring (bicyclic) bond motifs is 3. The molecule has 0 saturated carbocycles. The van der Waals surface area contributed by atoms with Gasteiger partial charge in [-0.3, -0.25) is 14.4 Å². The van der Waals surface area contributed by atoms with Crippen molar-refractivity contribution >= 4 is 23.4 Å². The first kappa shape index (κ1) is 24.3. The van der Waals surface area contributed by atoms with Gasteiger partial charge in [0.2, 0.25) is 11.8 Å². The monoisotopic (exact) mass is 491 g/mol. The highest BCUT2D eigenvalue weighted by Gasteiger charge is 2.39. The molecule has 3 amide bonds. The summed E-state index contributed by atoms with van der Waals surface area (Å²) in [6.45, 7) is 3.44. The lowest BCUT2D eigenvalue weighted by Gasteiger charge is -2.42.